The molecule has 2 aliphatic heterocycles. The molecular weight excluding hydrogens is 292 g/mol. The molecule has 0 bridgehead atoms. The molecule has 2 amide bonds. The van der Waals surface area contributed by atoms with Gasteiger partial charge in [-0.3, -0.25) is 14.5 Å². The molecule has 2 N–H and O–H groups in total. The molecule has 0 radical (unpaired) electrons. The number of piperazine rings is 1. The van der Waals surface area contributed by atoms with E-state index < -0.39 is 0 Å². The van der Waals surface area contributed by atoms with Crippen molar-refractivity contribution in [3.05, 3.63) is 0 Å². The van der Waals surface area contributed by atoms with E-state index in [1.807, 2.05) is 25.7 Å². The Morgan fingerprint density at radius 3 is 2.52 bits per heavy atom. The largest absolute Gasteiger partial charge is 0.355 e. The van der Waals surface area contributed by atoms with Crippen molar-refractivity contribution in [1.82, 2.24) is 20.4 Å². The average molecular weight is 324 g/mol. The number of rotatable bonds is 4. The lowest BCUT2D eigenvalue weighted by Crippen LogP contribution is -2.50. The molecule has 6 heteroatoms. The predicted molar refractivity (Wildman–Crippen MR) is 91.1 cm³/mol. The minimum Gasteiger partial charge on any atom is -0.355 e. The molecule has 0 aromatic carbocycles. The van der Waals surface area contributed by atoms with Crippen molar-refractivity contribution >= 4 is 11.8 Å². The van der Waals surface area contributed by atoms with Crippen molar-refractivity contribution in [2.75, 3.05) is 52.4 Å². The van der Waals surface area contributed by atoms with Crippen LogP contribution in [0.3, 0.4) is 0 Å². The summed E-state index contributed by atoms with van der Waals surface area (Å²) in [7, 11) is 0. The van der Waals surface area contributed by atoms with Gasteiger partial charge in [-0.1, -0.05) is 20.8 Å². The maximum atomic E-state index is 12.4. The van der Waals surface area contributed by atoms with E-state index in [2.05, 4.69) is 15.5 Å². The van der Waals surface area contributed by atoms with Crippen molar-refractivity contribution in [3.8, 4) is 0 Å². The van der Waals surface area contributed by atoms with Gasteiger partial charge < -0.3 is 15.5 Å². The fourth-order valence-corrected chi connectivity index (χ4v) is 3.27. The number of amides is 2. The topological polar surface area (TPSA) is 64.7 Å². The number of likely N-dealkylation sites (tertiary alicyclic amines) is 1. The van der Waals surface area contributed by atoms with Gasteiger partial charge in [0.15, 0.2) is 0 Å². The van der Waals surface area contributed by atoms with Gasteiger partial charge in [0.1, 0.15) is 0 Å². The first-order chi connectivity index (χ1) is 10.9. The number of carbonyl (C=O) groups is 2. The van der Waals surface area contributed by atoms with E-state index in [4.69, 9.17) is 0 Å². The molecule has 2 heterocycles. The number of nitrogens with one attached hydrogen (secondary N) is 2. The van der Waals surface area contributed by atoms with Gasteiger partial charge in [0.05, 0.1) is 5.92 Å². The molecule has 0 spiro atoms. The zero-order chi connectivity index (χ0) is 16.9. The summed E-state index contributed by atoms with van der Waals surface area (Å²) in [6.45, 7) is 12.9. The summed E-state index contributed by atoms with van der Waals surface area (Å²) in [5.41, 5.74) is -0.374. The van der Waals surface area contributed by atoms with Crippen LogP contribution in [-0.4, -0.2) is 74.0 Å². The van der Waals surface area contributed by atoms with Crippen molar-refractivity contribution in [2.24, 2.45) is 11.3 Å². The van der Waals surface area contributed by atoms with Crippen LogP contribution in [0.15, 0.2) is 0 Å². The predicted octanol–water partition coefficient (Wildman–Crippen LogP) is 0.293. The molecule has 23 heavy (non-hydrogen) atoms. The standard InChI is InChI=1S/C17H32N4O2/c1-17(2,3)16(23)21-9-4-5-14(13-21)15(22)19-8-12-20-10-6-18-7-11-20/h14,18H,4-13H2,1-3H3,(H,19,22). The van der Waals surface area contributed by atoms with Crippen LogP contribution in [0.2, 0.25) is 0 Å². The lowest BCUT2D eigenvalue weighted by atomic mass is 9.91. The number of nitrogens with zero attached hydrogens (tertiary/aromatic N) is 2. The fourth-order valence-electron chi connectivity index (χ4n) is 3.27. The van der Waals surface area contributed by atoms with E-state index in [0.29, 0.717) is 13.1 Å². The summed E-state index contributed by atoms with van der Waals surface area (Å²) in [6, 6.07) is 0. The second-order valence-corrected chi connectivity index (χ2v) is 7.72. The lowest BCUT2D eigenvalue weighted by Gasteiger charge is -2.36. The lowest BCUT2D eigenvalue weighted by molar-refractivity contribution is -0.142. The highest BCUT2D eigenvalue weighted by Crippen LogP contribution is 2.23. The molecular formula is C17H32N4O2. The Hall–Kier alpha value is -1.14. The van der Waals surface area contributed by atoms with Gasteiger partial charge in [-0.15, -0.1) is 0 Å². The monoisotopic (exact) mass is 324 g/mol. The number of hydrogen-bond donors (Lipinski definition) is 2. The fraction of sp³-hybridized carbons (Fsp3) is 0.882. The third kappa shape index (κ3) is 5.46. The highest BCUT2D eigenvalue weighted by atomic mass is 16.2. The first-order valence-electron chi connectivity index (χ1n) is 8.88. The summed E-state index contributed by atoms with van der Waals surface area (Å²) >= 11 is 0. The highest BCUT2D eigenvalue weighted by molar-refractivity contribution is 5.83. The summed E-state index contributed by atoms with van der Waals surface area (Å²) < 4.78 is 0. The zero-order valence-electron chi connectivity index (χ0n) is 14.9. The molecule has 6 nitrogen and oxygen atoms in total. The molecule has 0 aromatic heterocycles. The molecule has 0 aromatic rings. The zero-order valence-corrected chi connectivity index (χ0v) is 14.9. The third-order valence-corrected chi connectivity index (χ3v) is 4.66. The van der Waals surface area contributed by atoms with E-state index in [9.17, 15) is 9.59 Å². The van der Waals surface area contributed by atoms with Crippen molar-refractivity contribution in [2.45, 2.75) is 33.6 Å². The minimum atomic E-state index is -0.374. The quantitative estimate of drug-likeness (QED) is 0.780. The molecule has 0 saturated carbocycles. The molecule has 2 aliphatic rings. The SMILES string of the molecule is CC(C)(C)C(=O)N1CCCC(C(=O)NCCN2CCNCC2)C1. The van der Waals surface area contributed by atoms with Crippen LogP contribution in [0.25, 0.3) is 0 Å². The van der Waals surface area contributed by atoms with Gasteiger partial charge in [-0.2, -0.15) is 0 Å². The Kier molecular flexibility index (Phi) is 6.41. The molecule has 2 fully saturated rings. The third-order valence-electron chi connectivity index (χ3n) is 4.66. The van der Waals surface area contributed by atoms with E-state index in [0.717, 1.165) is 52.1 Å². The molecule has 1 atom stereocenters. The van der Waals surface area contributed by atoms with E-state index in [1.165, 1.54) is 0 Å². The van der Waals surface area contributed by atoms with Crippen LogP contribution in [0.4, 0.5) is 0 Å². The Labute approximate surface area is 140 Å². The maximum absolute atomic E-state index is 12.4. The van der Waals surface area contributed by atoms with Gasteiger partial charge in [-0.25, -0.2) is 0 Å². The summed E-state index contributed by atoms with van der Waals surface area (Å²) in [6.07, 6.45) is 1.80. The Balaban J connectivity index is 1.74. The average Bonchev–Trinajstić information content (AvgIpc) is 2.54. The van der Waals surface area contributed by atoms with Crippen molar-refractivity contribution < 1.29 is 9.59 Å². The van der Waals surface area contributed by atoms with Gasteiger partial charge in [0.2, 0.25) is 11.8 Å². The molecule has 0 aliphatic carbocycles. The Morgan fingerprint density at radius 1 is 1.17 bits per heavy atom. The maximum Gasteiger partial charge on any atom is 0.227 e. The smallest absolute Gasteiger partial charge is 0.227 e. The molecule has 132 valence electrons. The minimum absolute atomic E-state index is 0.0573. The van der Waals surface area contributed by atoms with Crippen LogP contribution < -0.4 is 10.6 Å². The van der Waals surface area contributed by atoms with Crippen LogP contribution in [0.5, 0.6) is 0 Å². The van der Waals surface area contributed by atoms with Crippen molar-refractivity contribution in [3.63, 3.8) is 0 Å². The normalized spacial score (nSPS) is 23.6. The first kappa shape index (κ1) is 18.2. The second-order valence-electron chi connectivity index (χ2n) is 7.72. The van der Waals surface area contributed by atoms with Gasteiger partial charge in [0, 0.05) is 57.8 Å². The number of hydrogen-bond acceptors (Lipinski definition) is 4. The van der Waals surface area contributed by atoms with Crippen LogP contribution in [-0.2, 0) is 9.59 Å². The van der Waals surface area contributed by atoms with Crippen LogP contribution >= 0.6 is 0 Å². The first-order valence-corrected chi connectivity index (χ1v) is 8.88. The molecule has 2 saturated heterocycles. The number of carbonyl (C=O) groups excluding carboxylic acids is 2. The summed E-state index contributed by atoms with van der Waals surface area (Å²) in [5, 5.41) is 6.39. The van der Waals surface area contributed by atoms with Crippen molar-refractivity contribution in [1.29, 1.82) is 0 Å². The van der Waals surface area contributed by atoms with E-state index in [1.54, 1.807) is 0 Å². The van der Waals surface area contributed by atoms with Crippen LogP contribution in [0, 0.1) is 11.3 Å². The highest BCUT2D eigenvalue weighted by Gasteiger charge is 2.33. The summed E-state index contributed by atoms with van der Waals surface area (Å²) in [4.78, 5) is 29.0. The molecule has 1 unspecified atom stereocenters. The molecule has 2 rings (SSSR count). The Morgan fingerprint density at radius 2 is 1.87 bits per heavy atom. The van der Waals surface area contributed by atoms with Gasteiger partial charge in [0.25, 0.3) is 0 Å². The van der Waals surface area contributed by atoms with E-state index >= 15 is 0 Å². The van der Waals surface area contributed by atoms with Gasteiger partial charge >= 0.3 is 0 Å². The van der Waals surface area contributed by atoms with Gasteiger partial charge in [-0.05, 0) is 12.8 Å². The van der Waals surface area contributed by atoms with E-state index in [-0.39, 0.29) is 23.1 Å². The van der Waals surface area contributed by atoms with Crippen LogP contribution in [0.1, 0.15) is 33.6 Å². The Bertz CT molecular complexity index is 413. The number of piperidine rings is 1. The second kappa shape index (κ2) is 8.11. The summed E-state index contributed by atoms with van der Waals surface area (Å²) in [5.74, 6) is 0.195.